The van der Waals surface area contributed by atoms with E-state index in [1.165, 1.54) is 4.90 Å². The van der Waals surface area contributed by atoms with Gasteiger partial charge < -0.3 is 19.4 Å². The van der Waals surface area contributed by atoms with E-state index in [9.17, 15) is 9.59 Å². The Kier molecular flexibility index (Phi) is 5.04. The van der Waals surface area contributed by atoms with Crippen molar-refractivity contribution in [3.05, 3.63) is 0 Å². The number of morpholine rings is 1. The first-order chi connectivity index (χ1) is 7.65. The first kappa shape index (κ1) is 12.8. The zero-order valence-electron chi connectivity index (χ0n) is 9.89. The molecule has 1 rings (SSSR count). The molecule has 0 atom stereocenters. The highest BCUT2D eigenvalue weighted by molar-refractivity contribution is 5.74. The molecule has 6 nitrogen and oxygen atoms in total. The van der Waals surface area contributed by atoms with Gasteiger partial charge in [-0.1, -0.05) is 0 Å². The van der Waals surface area contributed by atoms with Gasteiger partial charge in [0.2, 0.25) is 6.41 Å². The summed E-state index contributed by atoms with van der Waals surface area (Å²) in [6.07, 6.45) is 0.757. The van der Waals surface area contributed by atoms with Crippen LogP contribution < -0.4 is 0 Å². The summed E-state index contributed by atoms with van der Waals surface area (Å²) in [5, 5.41) is 0. The maximum Gasteiger partial charge on any atom is 0.319 e. The number of hydrogen-bond donors (Lipinski definition) is 0. The molecule has 0 aromatic carbocycles. The Labute approximate surface area is 95.7 Å². The Hall–Kier alpha value is -1.30. The van der Waals surface area contributed by atoms with Gasteiger partial charge >= 0.3 is 6.03 Å². The summed E-state index contributed by atoms with van der Waals surface area (Å²) in [5.41, 5.74) is 0. The highest BCUT2D eigenvalue weighted by Gasteiger charge is 2.19. The zero-order valence-corrected chi connectivity index (χ0v) is 9.89. The first-order valence-electron chi connectivity index (χ1n) is 5.38. The van der Waals surface area contributed by atoms with E-state index in [0.717, 1.165) is 6.41 Å². The fourth-order valence-corrected chi connectivity index (χ4v) is 1.45. The molecular weight excluding hydrogens is 210 g/mol. The number of hydrogen-bond acceptors (Lipinski definition) is 3. The second kappa shape index (κ2) is 6.32. The van der Waals surface area contributed by atoms with Crippen molar-refractivity contribution in [2.24, 2.45) is 0 Å². The van der Waals surface area contributed by atoms with Gasteiger partial charge in [0, 0.05) is 40.3 Å². The molecular formula is C10H19N3O3. The van der Waals surface area contributed by atoms with Crippen molar-refractivity contribution < 1.29 is 14.3 Å². The van der Waals surface area contributed by atoms with Crippen LogP contribution in [-0.2, 0) is 9.53 Å². The number of amides is 3. The van der Waals surface area contributed by atoms with Crippen LogP contribution >= 0.6 is 0 Å². The lowest BCUT2D eigenvalue weighted by molar-refractivity contribution is -0.117. The zero-order chi connectivity index (χ0) is 12.0. The molecule has 16 heavy (non-hydrogen) atoms. The van der Waals surface area contributed by atoms with Crippen molar-refractivity contribution in [1.29, 1.82) is 0 Å². The van der Waals surface area contributed by atoms with E-state index in [0.29, 0.717) is 39.4 Å². The molecule has 1 saturated heterocycles. The number of rotatable bonds is 4. The molecule has 1 aliphatic heterocycles. The number of ether oxygens (including phenoxy) is 1. The van der Waals surface area contributed by atoms with E-state index in [2.05, 4.69) is 0 Å². The Bertz CT molecular complexity index is 241. The summed E-state index contributed by atoms with van der Waals surface area (Å²) >= 11 is 0. The molecule has 1 heterocycles. The highest BCUT2D eigenvalue weighted by Crippen LogP contribution is 2.01. The van der Waals surface area contributed by atoms with E-state index in [-0.39, 0.29) is 6.03 Å². The summed E-state index contributed by atoms with van der Waals surface area (Å²) < 4.78 is 5.18. The van der Waals surface area contributed by atoms with E-state index in [1.54, 1.807) is 23.9 Å². The molecule has 0 aliphatic carbocycles. The summed E-state index contributed by atoms with van der Waals surface area (Å²) in [4.78, 5) is 27.2. The number of nitrogens with zero attached hydrogens (tertiary/aromatic N) is 3. The molecule has 0 N–H and O–H groups in total. The molecule has 0 saturated carbocycles. The molecule has 0 aromatic heterocycles. The van der Waals surface area contributed by atoms with E-state index in [4.69, 9.17) is 4.74 Å². The highest BCUT2D eigenvalue weighted by atomic mass is 16.5. The second-order valence-electron chi connectivity index (χ2n) is 3.89. The molecule has 92 valence electrons. The third-order valence-corrected chi connectivity index (χ3v) is 2.58. The lowest BCUT2D eigenvalue weighted by Crippen LogP contribution is -2.48. The third-order valence-electron chi connectivity index (χ3n) is 2.58. The van der Waals surface area contributed by atoms with E-state index in [1.807, 2.05) is 0 Å². The molecule has 3 amide bonds. The Balaban J connectivity index is 2.31. The van der Waals surface area contributed by atoms with Crippen LogP contribution in [-0.4, -0.2) is 80.6 Å². The maximum absolute atomic E-state index is 11.9. The van der Waals surface area contributed by atoms with Crippen molar-refractivity contribution in [2.45, 2.75) is 0 Å². The third kappa shape index (κ3) is 3.69. The minimum Gasteiger partial charge on any atom is -0.378 e. The first-order valence-corrected chi connectivity index (χ1v) is 5.38. The van der Waals surface area contributed by atoms with Gasteiger partial charge in [-0.3, -0.25) is 4.79 Å². The van der Waals surface area contributed by atoms with Crippen LogP contribution in [0.4, 0.5) is 4.79 Å². The lowest BCUT2D eigenvalue weighted by Gasteiger charge is -2.31. The van der Waals surface area contributed by atoms with Crippen molar-refractivity contribution in [1.82, 2.24) is 14.7 Å². The molecule has 1 fully saturated rings. The minimum absolute atomic E-state index is 0.00241. The molecule has 0 spiro atoms. The molecule has 1 aliphatic rings. The normalized spacial score (nSPS) is 15.8. The number of likely N-dealkylation sites (N-methyl/N-ethyl adjacent to an activating group) is 2. The average Bonchev–Trinajstić information content (AvgIpc) is 2.35. The Morgan fingerprint density at radius 3 is 2.50 bits per heavy atom. The Morgan fingerprint density at radius 1 is 1.31 bits per heavy atom. The molecule has 0 unspecified atom stereocenters. The fourth-order valence-electron chi connectivity index (χ4n) is 1.45. The summed E-state index contributed by atoms with van der Waals surface area (Å²) in [6, 6.07) is 0.00241. The average molecular weight is 229 g/mol. The Morgan fingerprint density at radius 2 is 1.94 bits per heavy atom. The largest absolute Gasteiger partial charge is 0.378 e. The number of carbonyl (C=O) groups excluding carboxylic acids is 2. The van der Waals surface area contributed by atoms with Gasteiger partial charge in [-0.25, -0.2) is 4.79 Å². The standard InChI is InChI=1S/C10H19N3O3/c1-11(9-14)3-4-12(2)10(15)13-5-7-16-8-6-13/h9H,3-8H2,1-2H3. The van der Waals surface area contributed by atoms with Gasteiger partial charge in [0.05, 0.1) is 13.2 Å². The molecule has 0 radical (unpaired) electrons. The van der Waals surface area contributed by atoms with Gasteiger partial charge in [-0.2, -0.15) is 0 Å². The van der Waals surface area contributed by atoms with Crippen molar-refractivity contribution in [2.75, 3.05) is 53.5 Å². The van der Waals surface area contributed by atoms with Gasteiger partial charge in [0.1, 0.15) is 0 Å². The number of urea groups is 1. The van der Waals surface area contributed by atoms with Crippen LogP contribution in [0, 0.1) is 0 Å². The van der Waals surface area contributed by atoms with Crippen molar-refractivity contribution >= 4 is 12.4 Å². The van der Waals surface area contributed by atoms with Gasteiger partial charge in [-0.15, -0.1) is 0 Å². The number of carbonyl (C=O) groups is 2. The molecule has 6 heteroatoms. The van der Waals surface area contributed by atoms with Crippen molar-refractivity contribution in [3.63, 3.8) is 0 Å². The predicted molar refractivity (Wildman–Crippen MR) is 59.1 cm³/mol. The van der Waals surface area contributed by atoms with Crippen molar-refractivity contribution in [3.8, 4) is 0 Å². The summed E-state index contributed by atoms with van der Waals surface area (Å²) in [6.45, 7) is 3.60. The summed E-state index contributed by atoms with van der Waals surface area (Å²) in [7, 11) is 3.44. The van der Waals surface area contributed by atoms with Crippen LogP contribution in [0.25, 0.3) is 0 Å². The topological polar surface area (TPSA) is 53.1 Å². The van der Waals surface area contributed by atoms with Gasteiger partial charge in [-0.05, 0) is 0 Å². The SMILES string of the molecule is CN(C=O)CCN(C)C(=O)N1CCOCC1. The van der Waals surface area contributed by atoms with Gasteiger partial charge in [0.25, 0.3) is 0 Å². The van der Waals surface area contributed by atoms with E-state index >= 15 is 0 Å². The lowest BCUT2D eigenvalue weighted by atomic mass is 10.4. The molecule has 0 bridgehead atoms. The molecule has 0 aromatic rings. The predicted octanol–water partition coefficient (Wildman–Crippen LogP) is -0.541. The second-order valence-corrected chi connectivity index (χ2v) is 3.89. The van der Waals surface area contributed by atoms with Gasteiger partial charge in [0.15, 0.2) is 0 Å². The van der Waals surface area contributed by atoms with Crippen LogP contribution in [0.2, 0.25) is 0 Å². The van der Waals surface area contributed by atoms with Crippen LogP contribution in [0.15, 0.2) is 0 Å². The monoisotopic (exact) mass is 229 g/mol. The van der Waals surface area contributed by atoms with Crippen LogP contribution in [0.1, 0.15) is 0 Å². The minimum atomic E-state index is 0.00241. The fraction of sp³-hybridized carbons (Fsp3) is 0.800. The summed E-state index contributed by atoms with van der Waals surface area (Å²) in [5.74, 6) is 0. The van der Waals surface area contributed by atoms with E-state index < -0.39 is 0 Å². The quantitative estimate of drug-likeness (QED) is 0.608. The smallest absolute Gasteiger partial charge is 0.319 e. The maximum atomic E-state index is 11.9. The van der Waals surface area contributed by atoms with Crippen LogP contribution in [0.5, 0.6) is 0 Å². The van der Waals surface area contributed by atoms with Crippen LogP contribution in [0.3, 0.4) is 0 Å².